The monoisotopic (exact) mass is 357 g/mol. The van der Waals surface area contributed by atoms with Crippen molar-refractivity contribution in [2.24, 2.45) is 4.99 Å². The molecule has 4 heteroatoms. The van der Waals surface area contributed by atoms with E-state index in [1.54, 1.807) is 12.1 Å². The quantitative estimate of drug-likeness (QED) is 0.566. The molecule has 0 aromatic heterocycles. The van der Waals surface area contributed by atoms with Gasteiger partial charge in [0.25, 0.3) is 0 Å². The highest BCUT2D eigenvalue weighted by Gasteiger charge is 2.32. The van der Waals surface area contributed by atoms with Gasteiger partial charge in [-0.05, 0) is 16.7 Å². The minimum atomic E-state index is -1.09. The number of rotatable bonds is 4. The highest BCUT2D eigenvalue weighted by atomic mass is 16.5. The van der Waals surface area contributed by atoms with Gasteiger partial charge in [-0.3, -0.25) is 4.99 Å². The van der Waals surface area contributed by atoms with E-state index in [0.29, 0.717) is 11.3 Å². The summed E-state index contributed by atoms with van der Waals surface area (Å²) in [6, 6.07) is 23.9. The van der Waals surface area contributed by atoms with Crippen LogP contribution >= 0.6 is 0 Å². The zero-order chi connectivity index (χ0) is 18.8. The summed E-state index contributed by atoms with van der Waals surface area (Å²) in [5, 5.41) is 10.8. The number of aliphatic hydroxyl groups is 1. The van der Waals surface area contributed by atoms with E-state index >= 15 is 0 Å². The van der Waals surface area contributed by atoms with Crippen LogP contribution in [0.4, 0.5) is 0 Å². The van der Waals surface area contributed by atoms with Crippen LogP contribution in [-0.2, 0) is 9.53 Å². The van der Waals surface area contributed by atoms with E-state index in [9.17, 15) is 9.90 Å². The number of carbonyl (C=O) groups excluding carboxylic acids is 1. The first-order valence-corrected chi connectivity index (χ1v) is 8.78. The molecule has 0 amide bonds. The van der Waals surface area contributed by atoms with Crippen molar-refractivity contribution in [1.82, 2.24) is 0 Å². The summed E-state index contributed by atoms with van der Waals surface area (Å²) in [5.41, 5.74) is 5.37. The van der Waals surface area contributed by atoms with E-state index in [1.807, 2.05) is 66.7 Å². The summed E-state index contributed by atoms with van der Waals surface area (Å²) in [5.74, 6) is -0.569. The molecule has 0 heterocycles. The smallest absolute Gasteiger partial charge is 0.333 e. The molecule has 0 saturated carbocycles. The van der Waals surface area contributed by atoms with Gasteiger partial charge in [0.05, 0.1) is 12.8 Å². The Kier molecular flexibility index (Phi) is 4.57. The van der Waals surface area contributed by atoms with Crippen LogP contribution in [0.3, 0.4) is 0 Å². The van der Waals surface area contributed by atoms with Crippen LogP contribution in [0, 0.1) is 0 Å². The number of ether oxygens (including phenoxy) is 1. The third-order valence-electron chi connectivity index (χ3n) is 4.81. The van der Waals surface area contributed by atoms with Crippen molar-refractivity contribution < 1.29 is 14.6 Å². The molecule has 4 rings (SSSR count). The fourth-order valence-electron chi connectivity index (χ4n) is 3.48. The van der Waals surface area contributed by atoms with E-state index in [0.717, 1.165) is 22.3 Å². The Morgan fingerprint density at radius 2 is 1.30 bits per heavy atom. The van der Waals surface area contributed by atoms with Gasteiger partial charge in [0.1, 0.15) is 6.10 Å². The molecule has 0 saturated heterocycles. The molecule has 27 heavy (non-hydrogen) atoms. The van der Waals surface area contributed by atoms with Crippen molar-refractivity contribution in [3.8, 4) is 11.1 Å². The number of hydrogen-bond donors (Lipinski definition) is 1. The molecule has 0 radical (unpaired) electrons. The molecule has 1 aliphatic carbocycles. The van der Waals surface area contributed by atoms with Gasteiger partial charge in [-0.15, -0.1) is 0 Å². The lowest BCUT2D eigenvalue weighted by atomic mass is 10.0. The van der Waals surface area contributed by atoms with Crippen molar-refractivity contribution >= 4 is 11.7 Å². The molecule has 0 spiro atoms. The van der Waals surface area contributed by atoms with Gasteiger partial charge in [0, 0.05) is 11.1 Å². The zero-order valence-corrected chi connectivity index (χ0v) is 14.9. The Morgan fingerprint density at radius 1 is 0.815 bits per heavy atom. The van der Waals surface area contributed by atoms with Crippen molar-refractivity contribution in [3.63, 3.8) is 0 Å². The first-order chi connectivity index (χ1) is 13.2. The molecule has 1 aliphatic rings. The van der Waals surface area contributed by atoms with Crippen molar-refractivity contribution in [1.29, 1.82) is 0 Å². The number of aliphatic imine (C=N–C) groups is 1. The Morgan fingerprint density at radius 3 is 1.81 bits per heavy atom. The molecular formula is C23H19NO3. The van der Waals surface area contributed by atoms with Gasteiger partial charge in [0.2, 0.25) is 0 Å². The van der Waals surface area contributed by atoms with Gasteiger partial charge in [-0.25, -0.2) is 4.79 Å². The normalized spacial score (nSPS) is 14.1. The summed E-state index contributed by atoms with van der Waals surface area (Å²) in [6.45, 7) is 0. The van der Waals surface area contributed by atoms with Gasteiger partial charge < -0.3 is 9.84 Å². The lowest BCUT2D eigenvalue weighted by Gasteiger charge is -2.19. The zero-order valence-electron chi connectivity index (χ0n) is 14.9. The minimum Gasteiger partial charge on any atom is -0.467 e. The van der Waals surface area contributed by atoms with E-state index in [4.69, 9.17) is 9.73 Å². The molecule has 134 valence electrons. The van der Waals surface area contributed by atoms with Gasteiger partial charge >= 0.3 is 5.97 Å². The van der Waals surface area contributed by atoms with Crippen LogP contribution in [0.15, 0.2) is 83.9 Å². The maximum absolute atomic E-state index is 12.4. The molecular weight excluding hydrogens is 338 g/mol. The molecule has 0 fully saturated rings. The highest BCUT2D eigenvalue weighted by molar-refractivity contribution is 6.24. The number of carbonyl (C=O) groups is 1. The Balaban J connectivity index is 1.85. The number of nitrogens with zero attached hydrogens (tertiary/aromatic N) is 1. The molecule has 3 aromatic rings. The molecule has 1 N–H and O–H groups in total. The molecule has 2 unspecified atom stereocenters. The Labute approximate surface area is 157 Å². The number of fused-ring (bicyclic) bond motifs is 3. The van der Waals surface area contributed by atoms with Gasteiger partial charge in [0.15, 0.2) is 6.04 Å². The third-order valence-corrected chi connectivity index (χ3v) is 4.81. The highest BCUT2D eigenvalue weighted by Crippen LogP contribution is 2.37. The molecule has 3 aromatic carbocycles. The fraction of sp³-hybridized carbons (Fsp3) is 0.130. The van der Waals surface area contributed by atoms with Crippen molar-refractivity contribution in [3.05, 3.63) is 95.6 Å². The molecule has 2 atom stereocenters. The topological polar surface area (TPSA) is 58.9 Å². The van der Waals surface area contributed by atoms with E-state index < -0.39 is 18.1 Å². The predicted molar refractivity (Wildman–Crippen MR) is 105 cm³/mol. The maximum atomic E-state index is 12.4. The van der Waals surface area contributed by atoms with E-state index in [-0.39, 0.29) is 0 Å². The number of hydrogen-bond acceptors (Lipinski definition) is 4. The summed E-state index contributed by atoms with van der Waals surface area (Å²) >= 11 is 0. The fourth-order valence-corrected chi connectivity index (χ4v) is 3.48. The maximum Gasteiger partial charge on any atom is 0.333 e. The average molecular weight is 357 g/mol. The van der Waals surface area contributed by atoms with E-state index in [2.05, 4.69) is 0 Å². The second kappa shape index (κ2) is 7.17. The Hall–Kier alpha value is -3.24. The predicted octanol–water partition coefficient (Wildman–Crippen LogP) is 3.78. The molecule has 0 bridgehead atoms. The largest absolute Gasteiger partial charge is 0.467 e. The van der Waals surface area contributed by atoms with Crippen LogP contribution in [0.5, 0.6) is 0 Å². The molecule has 0 aliphatic heterocycles. The number of aliphatic hydroxyl groups excluding tert-OH is 1. The van der Waals surface area contributed by atoms with Crippen molar-refractivity contribution in [2.45, 2.75) is 12.1 Å². The third kappa shape index (κ3) is 3.04. The summed E-state index contributed by atoms with van der Waals surface area (Å²) in [6.07, 6.45) is -1.09. The SMILES string of the molecule is COC(=O)C(N=C1c2ccccc2-c2ccccc21)C(O)c1ccccc1. The Bertz CT molecular complexity index is 963. The first kappa shape index (κ1) is 17.2. The van der Waals surface area contributed by atoms with Crippen LogP contribution in [-0.4, -0.2) is 29.9 Å². The van der Waals surface area contributed by atoms with Crippen molar-refractivity contribution in [2.75, 3.05) is 7.11 Å². The van der Waals surface area contributed by atoms with Crippen LogP contribution in [0.25, 0.3) is 11.1 Å². The standard InChI is InChI=1S/C23H19NO3/c1-27-23(26)21(22(25)15-9-3-2-4-10-15)24-20-18-13-7-5-11-16(18)17-12-6-8-14-19(17)20/h2-14,21-22,25H,1H3. The lowest BCUT2D eigenvalue weighted by Crippen LogP contribution is -2.29. The van der Waals surface area contributed by atoms with Crippen LogP contribution < -0.4 is 0 Å². The summed E-state index contributed by atoms with van der Waals surface area (Å²) < 4.78 is 4.94. The lowest BCUT2D eigenvalue weighted by molar-refractivity contribution is -0.144. The number of esters is 1. The second-order valence-corrected chi connectivity index (χ2v) is 6.39. The number of benzene rings is 3. The second-order valence-electron chi connectivity index (χ2n) is 6.39. The van der Waals surface area contributed by atoms with Gasteiger partial charge in [-0.2, -0.15) is 0 Å². The average Bonchev–Trinajstić information content (AvgIpc) is 3.05. The summed E-state index contributed by atoms with van der Waals surface area (Å²) in [4.78, 5) is 17.1. The van der Waals surface area contributed by atoms with Crippen LogP contribution in [0.2, 0.25) is 0 Å². The minimum absolute atomic E-state index is 0.569. The first-order valence-electron chi connectivity index (χ1n) is 8.78. The van der Waals surface area contributed by atoms with Gasteiger partial charge in [-0.1, -0.05) is 78.9 Å². The van der Waals surface area contributed by atoms with E-state index in [1.165, 1.54) is 7.11 Å². The summed E-state index contributed by atoms with van der Waals surface area (Å²) in [7, 11) is 1.31. The number of methoxy groups -OCH3 is 1. The molecule has 4 nitrogen and oxygen atoms in total. The van der Waals surface area contributed by atoms with Crippen LogP contribution in [0.1, 0.15) is 22.8 Å².